The number of hydrogen-bond acceptors (Lipinski definition) is 2. The predicted molar refractivity (Wildman–Crippen MR) is 93.4 cm³/mol. The maximum atomic E-state index is 12.3. The molecular formula is C18H17ClN2O2. The highest BCUT2D eigenvalue weighted by molar-refractivity contribution is 6.31. The molecule has 3 aromatic rings. The van der Waals surface area contributed by atoms with E-state index >= 15 is 0 Å². The van der Waals surface area contributed by atoms with Gasteiger partial charge in [0.05, 0.1) is 13.5 Å². The van der Waals surface area contributed by atoms with Crippen LogP contribution in [0.5, 0.6) is 5.75 Å². The smallest absolute Gasteiger partial charge is 0.228 e. The SMILES string of the molecule is COc1ccc2[nH]cc(CC(=O)Nc3ccc(C)c(Cl)c3)c2c1. The standard InChI is InChI=1S/C18H17ClN2O2/c1-11-3-4-13(8-16(11)19)21-18(22)7-12-10-20-17-6-5-14(23-2)9-15(12)17/h3-6,8-10,20H,7H2,1-2H3,(H,21,22). The summed E-state index contributed by atoms with van der Waals surface area (Å²) in [4.78, 5) is 15.4. The summed E-state index contributed by atoms with van der Waals surface area (Å²) < 4.78 is 5.24. The minimum Gasteiger partial charge on any atom is -0.497 e. The molecule has 5 heteroatoms. The molecule has 1 aromatic heterocycles. The number of fused-ring (bicyclic) bond motifs is 1. The molecule has 2 aromatic carbocycles. The molecule has 0 saturated heterocycles. The Hall–Kier alpha value is -2.46. The fraction of sp³-hybridized carbons (Fsp3) is 0.167. The summed E-state index contributed by atoms with van der Waals surface area (Å²) in [5.41, 5.74) is 3.58. The van der Waals surface area contributed by atoms with Crippen LogP contribution in [-0.4, -0.2) is 18.0 Å². The summed E-state index contributed by atoms with van der Waals surface area (Å²) in [6.45, 7) is 1.92. The van der Waals surface area contributed by atoms with Crippen molar-refractivity contribution in [1.82, 2.24) is 4.98 Å². The van der Waals surface area contributed by atoms with Crippen molar-refractivity contribution in [3.8, 4) is 5.75 Å². The zero-order valence-electron chi connectivity index (χ0n) is 12.9. The normalized spacial score (nSPS) is 10.7. The number of carbonyl (C=O) groups is 1. The van der Waals surface area contributed by atoms with E-state index in [1.807, 2.05) is 43.5 Å². The van der Waals surface area contributed by atoms with Gasteiger partial charge < -0.3 is 15.0 Å². The van der Waals surface area contributed by atoms with E-state index in [9.17, 15) is 4.79 Å². The van der Waals surface area contributed by atoms with Gasteiger partial charge in [0, 0.05) is 27.8 Å². The molecule has 0 bridgehead atoms. The molecule has 3 rings (SSSR count). The van der Waals surface area contributed by atoms with E-state index in [2.05, 4.69) is 10.3 Å². The van der Waals surface area contributed by atoms with Crippen LogP contribution in [0.4, 0.5) is 5.69 Å². The highest BCUT2D eigenvalue weighted by atomic mass is 35.5. The molecule has 2 N–H and O–H groups in total. The number of aromatic amines is 1. The third kappa shape index (κ3) is 3.32. The Morgan fingerprint density at radius 1 is 1.26 bits per heavy atom. The molecule has 0 aliphatic rings. The van der Waals surface area contributed by atoms with Gasteiger partial charge in [0.15, 0.2) is 0 Å². The van der Waals surface area contributed by atoms with Crippen LogP contribution in [-0.2, 0) is 11.2 Å². The molecular weight excluding hydrogens is 312 g/mol. The third-order valence-electron chi connectivity index (χ3n) is 3.78. The number of aryl methyl sites for hydroxylation is 1. The molecule has 118 valence electrons. The van der Waals surface area contributed by atoms with Crippen LogP contribution in [0.3, 0.4) is 0 Å². The van der Waals surface area contributed by atoms with E-state index in [0.717, 1.165) is 27.8 Å². The van der Waals surface area contributed by atoms with Crippen molar-refractivity contribution in [1.29, 1.82) is 0 Å². The molecule has 1 heterocycles. The Morgan fingerprint density at radius 2 is 2.09 bits per heavy atom. The molecule has 1 amide bonds. The summed E-state index contributed by atoms with van der Waals surface area (Å²) in [6.07, 6.45) is 2.13. The van der Waals surface area contributed by atoms with E-state index in [1.165, 1.54) is 0 Å². The Bertz CT molecular complexity index is 871. The maximum Gasteiger partial charge on any atom is 0.228 e. The van der Waals surface area contributed by atoms with E-state index in [1.54, 1.807) is 13.2 Å². The Balaban J connectivity index is 1.78. The lowest BCUT2D eigenvalue weighted by molar-refractivity contribution is -0.115. The molecule has 0 fully saturated rings. The predicted octanol–water partition coefficient (Wildman–Crippen LogP) is 4.32. The highest BCUT2D eigenvalue weighted by Crippen LogP contribution is 2.25. The maximum absolute atomic E-state index is 12.3. The molecule has 23 heavy (non-hydrogen) atoms. The molecule has 0 atom stereocenters. The topological polar surface area (TPSA) is 54.1 Å². The highest BCUT2D eigenvalue weighted by Gasteiger charge is 2.10. The van der Waals surface area contributed by atoms with Gasteiger partial charge in [-0.05, 0) is 48.4 Å². The van der Waals surface area contributed by atoms with E-state index in [4.69, 9.17) is 16.3 Å². The summed E-state index contributed by atoms with van der Waals surface area (Å²) in [6, 6.07) is 11.2. The van der Waals surface area contributed by atoms with Gasteiger partial charge in [-0.3, -0.25) is 4.79 Å². The van der Waals surface area contributed by atoms with Gasteiger partial charge in [-0.15, -0.1) is 0 Å². The minimum absolute atomic E-state index is 0.0892. The summed E-state index contributed by atoms with van der Waals surface area (Å²) >= 11 is 6.08. The van der Waals surface area contributed by atoms with Gasteiger partial charge in [0.1, 0.15) is 5.75 Å². The number of H-pyrrole nitrogens is 1. The first-order chi connectivity index (χ1) is 11.1. The Morgan fingerprint density at radius 3 is 2.83 bits per heavy atom. The number of hydrogen-bond donors (Lipinski definition) is 2. The zero-order valence-corrected chi connectivity index (χ0v) is 13.7. The average molecular weight is 329 g/mol. The van der Waals surface area contributed by atoms with Crippen LogP contribution in [0.15, 0.2) is 42.6 Å². The van der Waals surface area contributed by atoms with Crippen molar-refractivity contribution in [2.75, 3.05) is 12.4 Å². The van der Waals surface area contributed by atoms with Crippen LogP contribution >= 0.6 is 11.6 Å². The van der Waals surface area contributed by atoms with Gasteiger partial charge in [0.2, 0.25) is 5.91 Å². The molecule has 0 aliphatic carbocycles. The number of carbonyl (C=O) groups excluding carboxylic acids is 1. The quantitative estimate of drug-likeness (QED) is 0.749. The molecule has 0 aliphatic heterocycles. The molecule has 4 nitrogen and oxygen atoms in total. The monoisotopic (exact) mass is 328 g/mol. The summed E-state index contributed by atoms with van der Waals surface area (Å²) in [5.74, 6) is 0.678. The van der Waals surface area contributed by atoms with Crippen molar-refractivity contribution >= 4 is 34.1 Å². The molecule has 0 unspecified atom stereocenters. The first-order valence-electron chi connectivity index (χ1n) is 7.27. The third-order valence-corrected chi connectivity index (χ3v) is 4.19. The second-order valence-electron chi connectivity index (χ2n) is 5.41. The number of rotatable bonds is 4. The van der Waals surface area contributed by atoms with E-state index in [-0.39, 0.29) is 12.3 Å². The molecule has 0 spiro atoms. The number of ether oxygens (including phenoxy) is 1. The first-order valence-corrected chi connectivity index (χ1v) is 7.64. The number of benzene rings is 2. The number of aromatic nitrogens is 1. The second-order valence-corrected chi connectivity index (χ2v) is 5.82. The lowest BCUT2D eigenvalue weighted by Crippen LogP contribution is -2.14. The van der Waals surface area contributed by atoms with Crippen LogP contribution in [0.1, 0.15) is 11.1 Å². The second kappa shape index (κ2) is 6.34. The summed E-state index contributed by atoms with van der Waals surface area (Å²) in [5, 5.41) is 4.50. The van der Waals surface area contributed by atoms with Crippen LogP contribution in [0.25, 0.3) is 10.9 Å². The Labute approximate surface area is 139 Å². The largest absolute Gasteiger partial charge is 0.497 e. The van der Waals surface area contributed by atoms with Gasteiger partial charge >= 0.3 is 0 Å². The van der Waals surface area contributed by atoms with Crippen LogP contribution in [0.2, 0.25) is 5.02 Å². The minimum atomic E-state index is -0.0892. The number of anilines is 1. The molecule has 0 saturated carbocycles. The number of methoxy groups -OCH3 is 1. The number of nitrogens with one attached hydrogen (secondary N) is 2. The van der Waals surface area contributed by atoms with Crippen LogP contribution < -0.4 is 10.1 Å². The van der Waals surface area contributed by atoms with Gasteiger partial charge in [-0.25, -0.2) is 0 Å². The van der Waals surface area contributed by atoms with Crippen molar-refractivity contribution < 1.29 is 9.53 Å². The van der Waals surface area contributed by atoms with Crippen molar-refractivity contribution in [2.45, 2.75) is 13.3 Å². The zero-order chi connectivity index (χ0) is 16.4. The van der Waals surface area contributed by atoms with Crippen molar-refractivity contribution in [3.63, 3.8) is 0 Å². The van der Waals surface area contributed by atoms with Crippen LogP contribution in [0, 0.1) is 6.92 Å². The van der Waals surface area contributed by atoms with Gasteiger partial charge in [0.25, 0.3) is 0 Å². The van der Waals surface area contributed by atoms with Crippen molar-refractivity contribution in [3.05, 3.63) is 58.7 Å². The van der Waals surface area contributed by atoms with Gasteiger partial charge in [-0.1, -0.05) is 17.7 Å². The molecule has 0 radical (unpaired) electrons. The van der Waals surface area contributed by atoms with Crippen molar-refractivity contribution in [2.24, 2.45) is 0 Å². The lowest BCUT2D eigenvalue weighted by Gasteiger charge is -2.07. The average Bonchev–Trinajstić information content (AvgIpc) is 2.93. The fourth-order valence-corrected chi connectivity index (χ4v) is 2.66. The fourth-order valence-electron chi connectivity index (χ4n) is 2.48. The summed E-state index contributed by atoms with van der Waals surface area (Å²) in [7, 11) is 1.63. The number of halogens is 1. The lowest BCUT2D eigenvalue weighted by atomic mass is 10.1. The van der Waals surface area contributed by atoms with Gasteiger partial charge in [-0.2, -0.15) is 0 Å². The van der Waals surface area contributed by atoms with E-state index < -0.39 is 0 Å². The number of amides is 1. The Kier molecular flexibility index (Phi) is 4.26. The first kappa shape index (κ1) is 15.4. The van der Waals surface area contributed by atoms with E-state index in [0.29, 0.717) is 10.7 Å².